The smallest absolute Gasteiger partial charge is 0.263 e. The molecule has 132 valence electrons. The molecule has 1 N–H and O–H groups in total. The number of nitro benzene ring substituents is 1. The molecule has 25 heavy (non-hydrogen) atoms. The van der Waals surface area contributed by atoms with Gasteiger partial charge >= 0.3 is 0 Å². The van der Waals surface area contributed by atoms with Crippen molar-refractivity contribution in [1.82, 2.24) is 5.32 Å². The van der Waals surface area contributed by atoms with E-state index in [0.29, 0.717) is 5.92 Å². The minimum atomic E-state index is -0.888. The molecule has 1 amide bonds. The molecular formula is C17H17ClN3O4-. The molecule has 7 nitrogen and oxygen atoms in total. The van der Waals surface area contributed by atoms with Gasteiger partial charge in [0.2, 0.25) is 0 Å². The summed E-state index contributed by atoms with van der Waals surface area (Å²) in [4.78, 5) is 22.4. The predicted octanol–water partition coefficient (Wildman–Crippen LogP) is 2.92. The van der Waals surface area contributed by atoms with Crippen molar-refractivity contribution >= 4 is 29.3 Å². The molecule has 8 heteroatoms. The van der Waals surface area contributed by atoms with Crippen molar-refractivity contribution in [3.05, 3.63) is 38.4 Å². The summed E-state index contributed by atoms with van der Waals surface area (Å²) in [5.74, 6) is -1.18. The third kappa shape index (κ3) is 4.48. The molecule has 1 aromatic rings. The minimum absolute atomic E-state index is 0.0175. The van der Waals surface area contributed by atoms with E-state index in [-0.39, 0.29) is 22.2 Å². The van der Waals surface area contributed by atoms with E-state index in [0.717, 1.165) is 37.8 Å². The lowest BCUT2D eigenvalue weighted by atomic mass is 9.86. The maximum absolute atomic E-state index is 12.3. The van der Waals surface area contributed by atoms with Crippen LogP contribution in [-0.2, 0) is 4.79 Å². The van der Waals surface area contributed by atoms with Gasteiger partial charge in [-0.3, -0.25) is 14.9 Å². The van der Waals surface area contributed by atoms with Crippen LogP contribution in [-0.4, -0.2) is 16.9 Å². The molecular weight excluding hydrogens is 346 g/mol. The van der Waals surface area contributed by atoms with Gasteiger partial charge < -0.3 is 10.4 Å². The van der Waals surface area contributed by atoms with Crippen molar-refractivity contribution < 1.29 is 14.8 Å². The SMILES string of the molecule is C[C@H]1CCCC[C@@H]1NC(=O)/C(C#N)=C/c1cc(Cl)cc([N+](=O)[O-])c1[O-]. The van der Waals surface area contributed by atoms with Crippen LogP contribution in [0, 0.1) is 27.4 Å². The number of carbonyl (C=O) groups excluding carboxylic acids is 1. The van der Waals surface area contributed by atoms with E-state index in [4.69, 9.17) is 11.6 Å². The molecule has 0 saturated heterocycles. The highest BCUT2D eigenvalue weighted by Crippen LogP contribution is 2.32. The molecule has 1 aliphatic rings. The maximum Gasteiger partial charge on any atom is 0.263 e. The second kappa shape index (κ2) is 7.99. The fourth-order valence-electron chi connectivity index (χ4n) is 2.92. The largest absolute Gasteiger partial charge is 0.867 e. The Morgan fingerprint density at radius 3 is 2.72 bits per heavy atom. The lowest BCUT2D eigenvalue weighted by Gasteiger charge is -2.29. The van der Waals surface area contributed by atoms with Crippen LogP contribution in [0.2, 0.25) is 5.02 Å². The van der Waals surface area contributed by atoms with Crippen LogP contribution in [0.1, 0.15) is 38.2 Å². The van der Waals surface area contributed by atoms with Crippen molar-refractivity contribution in [2.24, 2.45) is 5.92 Å². The van der Waals surface area contributed by atoms with Gasteiger partial charge in [-0.2, -0.15) is 5.26 Å². The van der Waals surface area contributed by atoms with Crippen LogP contribution in [0.4, 0.5) is 5.69 Å². The van der Waals surface area contributed by atoms with Gasteiger partial charge in [0.1, 0.15) is 11.6 Å². The van der Waals surface area contributed by atoms with E-state index in [9.17, 15) is 25.3 Å². The number of nitrogens with one attached hydrogen (secondary N) is 1. The van der Waals surface area contributed by atoms with Crippen molar-refractivity contribution in [2.45, 2.75) is 38.6 Å². The minimum Gasteiger partial charge on any atom is -0.867 e. The number of nitrogens with zero attached hydrogens (tertiary/aromatic N) is 2. The molecule has 0 spiro atoms. The normalized spacial score (nSPS) is 20.6. The third-order valence-electron chi connectivity index (χ3n) is 4.35. The molecule has 1 aliphatic carbocycles. The maximum atomic E-state index is 12.3. The first-order chi connectivity index (χ1) is 11.8. The topological polar surface area (TPSA) is 119 Å². The summed E-state index contributed by atoms with van der Waals surface area (Å²) >= 11 is 5.79. The Morgan fingerprint density at radius 1 is 1.44 bits per heavy atom. The summed E-state index contributed by atoms with van der Waals surface area (Å²) in [6.45, 7) is 2.04. The fraction of sp³-hybridized carbons (Fsp3) is 0.412. The standard InChI is InChI=1S/C17H18ClN3O4/c1-10-4-2-3-5-14(10)20-17(23)12(9-19)6-11-7-13(18)8-15(16(11)22)21(24)25/h6-8,10,14,22H,2-5H2,1H3,(H,20,23)/p-1/b12-6+/t10-,14-/m0/s1. The van der Waals surface area contributed by atoms with Gasteiger partial charge in [0.05, 0.1) is 4.92 Å². The summed E-state index contributed by atoms with van der Waals surface area (Å²) in [5.41, 5.74) is -1.15. The first-order valence-corrected chi connectivity index (χ1v) is 8.29. The van der Waals surface area contributed by atoms with Crippen LogP contribution < -0.4 is 10.4 Å². The average Bonchev–Trinajstić information content (AvgIpc) is 2.56. The Labute approximate surface area is 150 Å². The number of amides is 1. The van der Waals surface area contributed by atoms with E-state index < -0.39 is 22.3 Å². The van der Waals surface area contributed by atoms with Gasteiger partial charge in [-0.05, 0) is 42.2 Å². The van der Waals surface area contributed by atoms with Gasteiger partial charge in [0.15, 0.2) is 0 Å². The number of nitriles is 1. The number of benzene rings is 1. The summed E-state index contributed by atoms with van der Waals surface area (Å²) < 4.78 is 0. The van der Waals surface area contributed by atoms with E-state index in [2.05, 4.69) is 5.32 Å². The molecule has 2 atom stereocenters. The zero-order chi connectivity index (χ0) is 18.6. The Kier molecular flexibility index (Phi) is 5.99. The van der Waals surface area contributed by atoms with E-state index in [1.54, 1.807) is 6.07 Å². The van der Waals surface area contributed by atoms with Gasteiger partial charge in [0, 0.05) is 17.1 Å². The highest BCUT2D eigenvalue weighted by atomic mass is 35.5. The third-order valence-corrected chi connectivity index (χ3v) is 4.57. The number of nitro groups is 1. The van der Waals surface area contributed by atoms with E-state index >= 15 is 0 Å². The molecule has 1 saturated carbocycles. The van der Waals surface area contributed by atoms with Crippen molar-refractivity contribution in [3.63, 3.8) is 0 Å². The Hall–Kier alpha value is -2.59. The summed E-state index contributed by atoms with van der Waals surface area (Å²) in [6, 6.07) is 3.86. The summed E-state index contributed by atoms with van der Waals surface area (Å²) in [5, 5.41) is 35.0. The number of rotatable bonds is 4. The summed E-state index contributed by atoms with van der Waals surface area (Å²) in [7, 11) is 0. The van der Waals surface area contributed by atoms with Crippen LogP contribution >= 0.6 is 11.6 Å². The molecule has 0 unspecified atom stereocenters. The lowest BCUT2D eigenvalue weighted by molar-refractivity contribution is -0.398. The van der Waals surface area contributed by atoms with Crippen molar-refractivity contribution in [3.8, 4) is 11.8 Å². The Bertz CT molecular complexity index is 770. The van der Waals surface area contributed by atoms with E-state index in [1.165, 1.54) is 6.07 Å². The number of hydrogen-bond acceptors (Lipinski definition) is 5. The molecule has 0 heterocycles. The molecule has 0 aromatic heterocycles. The summed E-state index contributed by atoms with van der Waals surface area (Å²) in [6.07, 6.45) is 5.00. The molecule has 2 rings (SSSR count). The van der Waals surface area contributed by atoms with Crippen LogP contribution in [0.5, 0.6) is 5.75 Å². The predicted molar refractivity (Wildman–Crippen MR) is 90.7 cm³/mol. The zero-order valence-corrected chi connectivity index (χ0v) is 14.4. The van der Waals surface area contributed by atoms with Gasteiger partial charge in [-0.25, -0.2) is 0 Å². The second-order valence-electron chi connectivity index (χ2n) is 6.11. The fourth-order valence-corrected chi connectivity index (χ4v) is 3.14. The Morgan fingerprint density at radius 2 is 2.12 bits per heavy atom. The molecule has 0 radical (unpaired) electrons. The number of carbonyl (C=O) groups is 1. The van der Waals surface area contributed by atoms with Crippen LogP contribution in [0.15, 0.2) is 17.7 Å². The van der Waals surface area contributed by atoms with Crippen molar-refractivity contribution in [2.75, 3.05) is 0 Å². The number of halogens is 1. The van der Waals surface area contributed by atoms with E-state index in [1.807, 2.05) is 6.92 Å². The first kappa shape index (κ1) is 18.7. The van der Waals surface area contributed by atoms with Crippen LogP contribution in [0.25, 0.3) is 6.08 Å². The van der Waals surface area contributed by atoms with Crippen molar-refractivity contribution in [1.29, 1.82) is 5.26 Å². The lowest BCUT2D eigenvalue weighted by Crippen LogP contribution is -2.41. The van der Waals surface area contributed by atoms with Gasteiger partial charge in [-0.1, -0.05) is 31.4 Å². The Balaban J connectivity index is 2.29. The highest BCUT2D eigenvalue weighted by Gasteiger charge is 2.24. The molecule has 0 aliphatic heterocycles. The monoisotopic (exact) mass is 362 g/mol. The highest BCUT2D eigenvalue weighted by molar-refractivity contribution is 6.31. The number of hydrogen-bond donors (Lipinski definition) is 1. The van der Waals surface area contributed by atoms with Gasteiger partial charge in [-0.15, -0.1) is 0 Å². The average molecular weight is 363 g/mol. The zero-order valence-electron chi connectivity index (χ0n) is 13.6. The molecule has 1 aromatic carbocycles. The molecule has 1 fully saturated rings. The first-order valence-electron chi connectivity index (χ1n) is 7.91. The van der Waals surface area contributed by atoms with Crippen LogP contribution in [0.3, 0.4) is 0 Å². The molecule has 0 bridgehead atoms. The second-order valence-corrected chi connectivity index (χ2v) is 6.55. The van der Waals surface area contributed by atoms with Gasteiger partial charge in [0.25, 0.3) is 11.6 Å². The quantitative estimate of drug-likeness (QED) is 0.382.